The van der Waals surface area contributed by atoms with Crippen molar-refractivity contribution >= 4 is 33.7 Å². The molecule has 1 aromatic heterocycles. The molecule has 0 fully saturated rings. The van der Waals surface area contributed by atoms with Crippen molar-refractivity contribution < 1.29 is 14.3 Å². The monoisotopic (exact) mass is 247 g/mol. The summed E-state index contributed by atoms with van der Waals surface area (Å²) in [5.74, 6) is 0.334. The van der Waals surface area contributed by atoms with Gasteiger partial charge in [-0.1, -0.05) is 0 Å². The molecular formula is C9H7Cl2NO3. The second-order valence-electron chi connectivity index (χ2n) is 2.55. The van der Waals surface area contributed by atoms with E-state index < -0.39 is 10.5 Å². The number of nitrogens with zero attached hydrogens (tertiary/aromatic N) is 1. The lowest BCUT2D eigenvalue weighted by Gasteiger charge is -2.04. The average molecular weight is 248 g/mol. The maximum absolute atomic E-state index is 10.9. The van der Waals surface area contributed by atoms with Crippen LogP contribution in [0.15, 0.2) is 12.1 Å². The Kier molecular flexibility index (Phi) is 4.05. The normalized spacial score (nSPS) is 9.80. The molecule has 0 aromatic carbocycles. The van der Waals surface area contributed by atoms with Crippen LogP contribution in [0.1, 0.15) is 27.9 Å². The van der Waals surface area contributed by atoms with Gasteiger partial charge in [0.15, 0.2) is 0 Å². The fourth-order valence-electron chi connectivity index (χ4n) is 0.957. The van der Waals surface area contributed by atoms with Crippen LogP contribution < -0.4 is 4.74 Å². The lowest BCUT2D eigenvalue weighted by atomic mass is 10.3. The highest BCUT2D eigenvalue weighted by atomic mass is 35.5. The van der Waals surface area contributed by atoms with Gasteiger partial charge in [-0.15, -0.1) is 0 Å². The molecule has 0 saturated carbocycles. The van der Waals surface area contributed by atoms with Crippen molar-refractivity contribution in [3.63, 3.8) is 0 Å². The van der Waals surface area contributed by atoms with E-state index in [4.69, 9.17) is 27.9 Å². The summed E-state index contributed by atoms with van der Waals surface area (Å²) in [5, 5.41) is -1.54. The average Bonchev–Trinajstić information content (AvgIpc) is 2.17. The number of hydrogen-bond acceptors (Lipinski definition) is 4. The van der Waals surface area contributed by atoms with Crippen molar-refractivity contribution in [1.82, 2.24) is 4.98 Å². The minimum atomic E-state index is -0.768. The molecule has 0 aliphatic rings. The summed E-state index contributed by atoms with van der Waals surface area (Å²) in [5.41, 5.74) is -0.127. The van der Waals surface area contributed by atoms with Crippen LogP contribution in [0.3, 0.4) is 0 Å². The van der Waals surface area contributed by atoms with E-state index in [1.165, 1.54) is 12.1 Å². The molecule has 1 rings (SSSR count). The van der Waals surface area contributed by atoms with Gasteiger partial charge < -0.3 is 4.74 Å². The topological polar surface area (TPSA) is 56.3 Å². The predicted octanol–water partition coefficient (Wildman–Crippen LogP) is 2.24. The number of pyridine rings is 1. The molecule has 0 saturated heterocycles. The molecule has 0 radical (unpaired) electrons. The molecule has 0 amide bonds. The van der Waals surface area contributed by atoms with Crippen molar-refractivity contribution in [2.75, 3.05) is 6.61 Å². The van der Waals surface area contributed by atoms with Gasteiger partial charge in [-0.25, -0.2) is 4.98 Å². The summed E-state index contributed by atoms with van der Waals surface area (Å²) >= 11 is 10.5. The highest BCUT2D eigenvalue weighted by Crippen LogP contribution is 2.17. The minimum absolute atomic E-state index is 0.0633. The summed E-state index contributed by atoms with van der Waals surface area (Å²) in [6.45, 7) is 2.17. The molecule has 0 aliphatic heterocycles. The lowest BCUT2D eigenvalue weighted by molar-refractivity contribution is 0.107. The van der Waals surface area contributed by atoms with Gasteiger partial charge in [-0.2, -0.15) is 0 Å². The third kappa shape index (κ3) is 3.18. The van der Waals surface area contributed by atoms with Crippen molar-refractivity contribution in [2.45, 2.75) is 6.92 Å². The molecule has 15 heavy (non-hydrogen) atoms. The largest absolute Gasteiger partial charge is 0.494 e. The van der Waals surface area contributed by atoms with E-state index in [-0.39, 0.29) is 11.4 Å². The van der Waals surface area contributed by atoms with Crippen LogP contribution in [0.4, 0.5) is 0 Å². The zero-order valence-corrected chi connectivity index (χ0v) is 9.30. The first-order chi connectivity index (χ1) is 7.04. The van der Waals surface area contributed by atoms with Gasteiger partial charge in [-0.05, 0) is 30.1 Å². The number of rotatable bonds is 4. The fourth-order valence-corrected chi connectivity index (χ4v) is 1.15. The van der Waals surface area contributed by atoms with E-state index in [0.29, 0.717) is 12.4 Å². The Hall–Kier alpha value is -1.13. The summed E-state index contributed by atoms with van der Waals surface area (Å²) in [7, 11) is 0. The van der Waals surface area contributed by atoms with Crippen LogP contribution in [0.25, 0.3) is 0 Å². The van der Waals surface area contributed by atoms with E-state index in [0.717, 1.165) is 0 Å². The Labute approximate surface area is 96.2 Å². The number of carbonyl (C=O) groups is 2. The Morgan fingerprint density at radius 2 is 1.73 bits per heavy atom. The molecule has 4 nitrogen and oxygen atoms in total. The van der Waals surface area contributed by atoms with Crippen LogP contribution in [-0.4, -0.2) is 22.1 Å². The smallest absolute Gasteiger partial charge is 0.270 e. The zero-order chi connectivity index (χ0) is 11.4. The predicted molar refractivity (Wildman–Crippen MR) is 55.8 cm³/mol. The Bertz CT molecular complexity index is 374. The molecule has 0 aliphatic carbocycles. The molecule has 0 spiro atoms. The van der Waals surface area contributed by atoms with Crippen LogP contribution >= 0.6 is 23.2 Å². The summed E-state index contributed by atoms with van der Waals surface area (Å²) < 4.78 is 5.13. The quantitative estimate of drug-likeness (QED) is 0.766. The maximum atomic E-state index is 10.9. The molecule has 0 atom stereocenters. The van der Waals surface area contributed by atoms with Crippen LogP contribution in [0.2, 0.25) is 0 Å². The first-order valence-electron chi connectivity index (χ1n) is 4.09. The second-order valence-corrected chi connectivity index (χ2v) is 3.24. The van der Waals surface area contributed by atoms with Gasteiger partial charge in [-0.3, -0.25) is 9.59 Å². The third-order valence-electron chi connectivity index (χ3n) is 1.51. The SMILES string of the molecule is CCOc1cc(C(=O)Cl)nc(C(=O)Cl)c1. The molecule has 0 unspecified atom stereocenters. The van der Waals surface area contributed by atoms with Gasteiger partial charge in [0.25, 0.3) is 10.5 Å². The highest BCUT2D eigenvalue weighted by Gasteiger charge is 2.12. The Morgan fingerprint density at radius 1 is 1.27 bits per heavy atom. The van der Waals surface area contributed by atoms with E-state index in [1.807, 2.05) is 0 Å². The van der Waals surface area contributed by atoms with Crippen molar-refractivity contribution in [1.29, 1.82) is 0 Å². The summed E-state index contributed by atoms with van der Waals surface area (Å²) in [6, 6.07) is 2.70. The van der Waals surface area contributed by atoms with Crippen LogP contribution in [0, 0.1) is 0 Å². The van der Waals surface area contributed by atoms with Gasteiger partial charge in [0.1, 0.15) is 17.1 Å². The molecule has 0 bridgehead atoms. The van der Waals surface area contributed by atoms with Crippen LogP contribution in [0.5, 0.6) is 5.75 Å². The van der Waals surface area contributed by atoms with E-state index >= 15 is 0 Å². The molecule has 80 valence electrons. The van der Waals surface area contributed by atoms with Gasteiger partial charge in [0.05, 0.1) is 6.61 Å². The second kappa shape index (κ2) is 5.09. The van der Waals surface area contributed by atoms with Crippen LogP contribution in [-0.2, 0) is 0 Å². The number of halogens is 2. The number of carbonyl (C=O) groups excluding carboxylic acids is 2. The Morgan fingerprint density at radius 3 is 2.07 bits per heavy atom. The first-order valence-corrected chi connectivity index (χ1v) is 4.84. The number of aromatic nitrogens is 1. The highest BCUT2D eigenvalue weighted by molar-refractivity contribution is 6.68. The van der Waals surface area contributed by atoms with Crippen molar-refractivity contribution in [3.8, 4) is 5.75 Å². The van der Waals surface area contributed by atoms with Gasteiger partial charge in [0, 0.05) is 12.1 Å². The lowest BCUT2D eigenvalue weighted by Crippen LogP contribution is -2.03. The maximum Gasteiger partial charge on any atom is 0.270 e. The molecule has 1 heterocycles. The fraction of sp³-hybridized carbons (Fsp3) is 0.222. The van der Waals surface area contributed by atoms with E-state index in [1.54, 1.807) is 6.92 Å². The summed E-state index contributed by atoms with van der Waals surface area (Å²) in [6.07, 6.45) is 0. The molecule has 1 aromatic rings. The Balaban J connectivity index is 3.19. The molecular weight excluding hydrogens is 241 g/mol. The standard InChI is InChI=1S/C9H7Cl2NO3/c1-2-15-5-3-6(8(10)13)12-7(4-5)9(11)14/h3-4H,2H2,1H3. The summed E-state index contributed by atoms with van der Waals surface area (Å²) in [4.78, 5) is 25.4. The minimum Gasteiger partial charge on any atom is -0.494 e. The van der Waals surface area contributed by atoms with Gasteiger partial charge in [0.2, 0.25) is 0 Å². The first kappa shape index (κ1) is 11.9. The van der Waals surface area contributed by atoms with E-state index in [2.05, 4.69) is 4.98 Å². The molecule has 0 N–H and O–H groups in total. The number of ether oxygens (including phenoxy) is 1. The van der Waals surface area contributed by atoms with Crippen molar-refractivity contribution in [2.24, 2.45) is 0 Å². The molecule has 6 heteroatoms. The number of hydrogen-bond donors (Lipinski definition) is 0. The zero-order valence-electron chi connectivity index (χ0n) is 7.79. The van der Waals surface area contributed by atoms with E-state index in [9.17, 15) is 9.59 Å². The van der Waals surface area contributed by atoms with Crippen molar-refractivity contribution in [3.05, 3.63) is 23.5 Å². The third-order valence-corrected chi connectivity index (χ3v) is 1.90. The van der Waals surface area contributed by atoms with Gasteiger partial charge >= 0.3 is 0 Å².